The van der Waals surface area contributed by atoms with Crippen LogP contribution in [0.5, 0.6) is 0 Å². The number of esters is 1. The fraction of sp³-hybridized carbons (Fsp3) is 0.789. The highest BCUT2D eigenvalue weighted by atomic mass is 17.3. The van der Waals surface area contributed by atoms with Crippen LogP contribution in [0.1, 0.15) is 40.0 Å². The van der Waals surface area contributed by atoms with Gasteiger partial charge in [-0.2, -0.15) is 0 Å². The molecule has 5 fully saturated rings. The summed E-state index contributed by atoms with van der Waals surface area (Å²) >= 11 is 0. The van der Waals surface area contributed by atoms with Gasteiger partial charge >= 0.3 is 12.1 Å². The quantitative estimate of drug-likeness (QED) is 0.409. The molecule has 1 saturated carbocycles. The highest BCUT2D eigenvalue weighted by Crippen LogP contribution is 2.60. The molecule has 2 bridgehead atoms. The van der Waals surface area contributed by atoms with Gasteiger partial charge in [0.15, 0.2) is 12.2 Å². The van der Waals surface area contributed by atoms with Gasteiger partial charge in [0.1, 0.15) is 6.10 Å². The maximum Gasteiger partial charge on any atom is 0.509 e. The Morgan fingerprint density at radius 3 is 2.85 bits per heavy atom. The van der Waals surface area contributed by atoms with Crippen LogP contribution in [0.3, 0.4) is 0 Å². The molecule has 4 aliphatic heterocycles. The molecule has 4 saturated heterocycles. The van der Waals surface area contributed by atoms with E-state index in [9.17, 15) is 9.59 Å². The van der Waals surface area contributed by atoms with Gasteiger partial charge < -0.3 is 18.9 Å². The van der Waals surface area contributed by atoms with Crippen molar-refractivity contribution in [2.75, 3.05) is 6.61 Å². The number of rotatable bonds is 2. The second kappa shape index (κ2) is 6.36. The molecule has 1 spiro atoms. The molecule has 0 aromatic heterocycles. The molecule has 27 heavy (non-hydrogen) atoms. The molecule has 148 valence electrons. The first-order valence-electron chi connectivity index (χ1n) is 9.33. The summed E-state index contributed by atoms with van der Waals surface area (Å²) in [5.41, 5.74) is -0.911. The number of fused-ring (bicyclic) bond motifs is 2. The molecule has 5 rings (SSSR count). The van der Waals surface area contributed by atoms with E-state index >= 15 is 0 Å². The molecule has 0 amide bonds. The van der Waals surface area contributed by atoms with Gasteiger partial charge in [0.05, 0.1) is 5.92 Å². The second-order valence-corrected chi connectivity index (χ2v) is 8.07. The van der Waals surface area contributed by atoms with E-state index in [-0.39, 0.29) is 30.3 Å². The standard InChI is InChI=1S/C19H24O8/c1-5-8-22-17(21)23-14-9-13-11(3)15(20)24-16-19(13)12(10(14)2)6-7-18(4,25-16)26-27-19/h1,10-14,16H,6-9H2,2-4H3/t10-,11+,12-,13-,14-,16+,18?,19+/m0/s1. The summed E-state index contributed by atoms with van der Waals surface area (Å²) in [5.74, 6) is 0.0414. The van der Waals surface area contributed by atoms with E-state index in [0.717, 1.165) is 6.42 Å². The SMILES string of the molecule is C#CCOC(=O)O[C@H]1C[C@H]2[C@@H](C)C(=O)O[C@@H]3OC4(C)CC[C@@H]([C@@H]1C)[C@]32OO4. The lowest BCUT2D eigenvalue weighted by Gasteiger charge is -2.58. The maximum absolute atomic E-state index is 12.4. The third-order valence-electron chi connectivity index (χ3n) is 6.58. The lowest BCUT2D eigenvalue weighted by molar-refractivity contribution is -0.560. The molecule has 5 aliphatic rings. The average molecular weight is 380 g/mol. The normalized spacial score (nSPS) is 47.9. The molecular weight excluding hydrogens is 356 g/mol. The van der Waals surface area contributed by atoms with Crippen LogP contribution in [0.4, 0.5) is 4.79 Å². The van der Waals surface area contributed by atoms with Gasteiger partial charge in [-0.25, -0.2) is 14.6 Å². The van der Waals surface area contributed by atoms with E-state index in [1.165, 1.54) is 0 Å². The van der Waals surface area contributed by atoms with Crippen molar-refractivity contribution < 1.29 is 38.3 Å². The summed E-state index contributed by atoms with van der Waals surface area (Å²) in [4.78, 5) is 36.0. The van der Waals surface area contributed by atoms with Crippen molar-refractivity contribution >= 4 is 12.1 Å². The number of hydrogen-bond donors (Lipinski definition) is 0. The summed E-state index contributed by atoms with van der Waals surface area (Å²) < 4.78 is 22.0. The van der Waals surface area contributed by atoms with Crippen molar-refractivity contribution in [3.8, 4) is 12.3 Å². The van der Waals surface area contributed by atoms with Crippen molar-refractivity contribution in [1.82, 2.24) is 0 Å². The lowest BCUT2D eigenvalue weighted by atomic mass is 9.57. The van der Waals surface area contributed by atoms with Crippen LogP contribution in [-0.2, 0) is 33.5 Å². The zero-order valence-corrected chi connectivity index (χ0v) is 15.6. The van der Waals surface area contributed by atoms with E-state index in [2.05, 4.69) is 5.92 Å². The molecule has 0 aromatic carbocycles. The molecule has 4 heterocycles. The van der Waals surface area contributed by atoms with Crippen LogP contribution in [0.15, 0.2) is 0 Å². The Morgan fingerprint density at radius 2 is 2.11 bits per heavy atom. The number of terminal acetylenes is 1. The monoisotopic (exact) mass is 380 g/mol. The van der Waals surface area contributed by atoms with Crippen LogP contribution >= 0.6 is 0 Å². The van der Waals surface area contributed by atoms with E-state index < -0.39 is 35.9 Å². The van der Waals surface area contributed by atoms with Gasteiger partial charge in [0, 0.05) is 18.3 Å². The van der Waals surface area contributed by atoms with E-state index in [1.807, 2.05) is 6.92 Å². The van der Waals surface area contributed by atoms with E-state index in [4.69, 9.17) is 35.1 Å². The van der Waals surface area contributed by atoms with Gasteiger partial charge in [-0.1, -0.05) is 19.8 Å². The summed E-state index contributed by atoms with van der Waals surface area (Å²) in [5, 5.41) is 0. The van der Waals surface area contributed by atoms with Crippen LogP contribution in [0.25, 0.3) is 0 Å². The number of carbonyl (C=O) groups is 2. The van der Waals surface area contributed by atoms with Crippen LogP contribution in [-0.4, -0.2) is 42.5 Å². The number of ether oxygens (including phenoxy) is 4. The zero-order valence-electron chi connectivity index (χ0n) is 15.6. The molecule has 8 atom stereocenters. The molecule has 8 heteroatoms. The predicted molar refractivity (Wildman–Crippen MR) is 88.5 cm³/mol. The number of carbonyl (C=O) groups excluding carboxylic acids is 2. The molecule has 0 N–H and O–H groups in total. The fourth-order valence-electron chi connectivity index (χ4n) is 5.11. The highest BCUT2D eigenvalue weighted by molar-refractivity contribution is 5.74. The average Bonchev–Trinajstić information content (AvgIpc) is 2.86. The Bertz CT molecular complexity index is 686. The Morgan fingerprint density at radius 1 is 1.33 bits per heavy atom. The smallest absolute Gasteiger partial charge is 0.432 e. The van der Waals surface area contributed by atoms with Crippen LogP contribution < -0.4 is 0 Å². The van der Waals surface area contributed by atoms with Crippen molar-refractivity contribution in [2.24, 2.45) is 23.7 Å². The first kappa shape index (κ1) is 18.5. The van der Waals surface area contributed by atoms with Crippen molar-refractivity contribution in [1.29, 1.82) is 0 Å². The minimum atomic E-state index is -0.972. The topological polar surface area (TPSA) is 89.5 Å². The van der Waals surface area contributed by atoms with Gasteiger partial charge in [-0.15, -0.1) is 6.42 Å². The van der Waals surface area contributed by atoms with Crippen molar-refractivity contribution in [3.63, 3.8) is 0 Å². The number of hydrogen-bond acceptors (Lipinski definition) is 8. The Hall–Kier alpha value is -1.82. The third kappa shape index (κ3) is 2.72. The van der Waals surface area contributed by atoms with Crippen molar-refractivity contribution in [3.05, 3.63) is 0 Å². The first-order valence-corrected chi connectivity index (χ1v) is 9.33. The van der Waals surface area contributed by atoms with Crippen molar-refractivity contribution in [2.45, 2.75) is 63.8 Å². The van der Waals surface area contributed by atoms with Crippen LogP contribution in [0.2, 0.25) is 0 Å². The Balaban J connectivity index is 1.66. The molecule has 0 radical (unpaired) electrons. The summed E-state index contributed by atoms with van der Waals surface area (Å²) in [6, 6.07) is 0. The minimum Gasteiger partial charge on any atom is -0.432 e. The highest BCUT2D eigenvalue weighted by Gasteiger charge is 2.71. The fourth-order valence-corrected chi connectivity index (χ4v) is 5.11. The zero-order chi connectivity index (χ0) is 19.4. The molecular formula is C19H24O8. The second-order valence-electron chi connectivity index (χ2n) is 8.07. The predicted octanol–water partition coefficient (Wildman–Crippen LogP) is 2.16. The first-order chi connectivity index (χ1) is 12.8. The summed E-state index contributed by atoms with van der Waals surface area (Å²) in [6.07, 6.45) is 4.76. The van der Waals surface area contributed by atoms with Gasteiger partial charge in [-0.05, 0) is 25.7 Å². The minimum absolute atomic E-state index is 0.0706. The van der Waals surface area contributed by atoms with E-state index in [0.29, 0.717) is 12.8 Å². The molecule has 0 aromatic rings. The van der Waals surface area contributed by atoms with Gasteiger partial charge in [-0.3, -0.25) is 4.79 Å². The Kier molecular flexibility index (Phi) is 4.37. The van der Waals surface area contributed by atoms with Crippen LogP contribution in [0, 0.1) is 36.0 Å². The largest absolute Gasteiger partial charge is 0.509 e. The summed E-state index contributed by atoms with van der Waals surface area (Å²) in [6.45, 7) is 5.41. The van der Waals surface area contributed by atoms with E-state index in [1.54, 1.807) is 13.8 Å². The van der Waals surface area contributed by atoms with Gasteiger partial charge in [0.2, 0.25) is 12.1 Å². The summed E-state index contributed by atoms with van der Waals surface area (Å²) in [7, 11) is 0. The maximum atomic E-state index is 12.4. The molecule has 8 nitrogen and oxygen atoms in total. The Labute approximate surface area is 157 Å². The van der Waals surface area contributed by atoms with Gasteiger partial charge in [0.25, 0.3) is 0 Å². The molecule has 1 unspecified atom stereocenters. The third-order valence-corrected chi connectivity index (χ3v) is 6.58. The molecule has 1 aliphatic carbocycles. The lowest BCUT2D eigenvalue weighted by Crippen LogP contribution is -2.71.